The van der Waals surface area contributed by atoms with E-state index < -0.39 is 0 Å². The molecule has 0 bridgehead atoms. The normalized spacial score (nSPS) is 21.2. The van der Waals surface area contributed by atoms with Gasteiger partial charge in [0.25, 0.3) is 0 Å². The van der Waals surface area contributed by atoms with E-state index in [4.69, 9.17) is 0 Å². The SMILES string of the molecule is CCC(CC)(C1=CC=CC=CN1)C1CCCC1. The highest BCUT2D eigenvalue weighted by atomic mass is 14.9. The van der Waals surface area contributed by atoms with Gasteiger partial charge in [-0.25, -0.2) is 0 Å². The molecular weight excluding hydrogens is 206 g/mol. The highest BCUT2D eigenvalue weighted by molar-refractivity contribution is 5.27. The van der Waals surface area contributed by atoms with Gasteiger partial charge in [0.1, 0.15) is 0 Å². The van der Waals surface area contributed by atoms with Crippen LogP contribution in [0, 0.1) is 11.3 Å². The van der Waals surface area contributed by atoms with Gasteiger partial charge in [-0.15, -0.1) is 0 Å². The molecule has 2 rings (SSSR count). The molecule has 0 aromatic carbocycles. The molecule has 94 valence electrons. The molecular formula is C16H25N. The van der Waals surface area contributed by atoms with E-state index in [-0.39, 0.29) is 0 Å². The van der Waals surface area contributed by atoms with Gasteiger partial charge in [-0.2, -0.15) is 0 Å². The summed E-state index contributed by atoms with van der Waals surface area (Å²) in [7, 11) is 0. The standard InChI is InChI=1S/C16H25N/c1-3-16(4-2,14-10-7-8-11-14)15-12-6-5-9-13-17-15/h5-6,9,12-14,17H,3-4,7-8,10-11H2,1-2H3. The van der Waals surface area contributed by atoms with Crippen molar-refractivity contribution < 1.29 is 0 Å². The lowest BCUT2D eigenvalue weighted by Gasteiger charge is -2.40. The minimum atomic E-state index is 0.371. The Morgan fingerprint density at radius 1 is 1.12 bits per heavy atom. The Kier molecular flexibility index (Phi) is 4.09. The summed E-state index contributed by atoms with van der Waals surface area (Å²) in [6, 6.07) is 0. The van der Waals surface area contributed by atoms with Gasteiger partial charge in [0, 0.05) is 17.3 Å². The van der Waals surface area contributed by atoms with Crippen LogP contribution in [-0.4, -0.2) is 0 Å². The van der Waals surface area contributed by atoms with E-state index in [1.54, 1.807) is 0 Å². The zero-order valence-corrected chi connectivity index (χ0v) is 11.2. The van der Waals surface area contributed by atoms with E-state index in [0.29, 0.717) is 5.41 Å². The fraction of sp³-hybridized carbons (Fsp3) is 0.625. The van der Waals surface area contributed by atoms with Crippen LogP contribution in [0.4, 0.5) is 0 Å². The van der Waals surface area contributed by atoms with Crippen molar-refractivity contribution in [2.45, 2.75) is 52.4 Å². The van der Waals surface area contributed by atoms with Crippen molar-refractivity contribution in [1.29, 1.82) is 0 Å². The lowest BCUT2D eigenvalue weighted by molar-refractivity contribution is 0.187. The van der Waals surface area contributed by atoms with Crippen molar-refractivity contribution in [2.24, 2.45) is 11.3 Å². The second kappa shape index (κ2) is 5.57. The molecule has 0 spiro atoms. The predicted octanol–water partition coefficient (Wildman–Crippen LogP) is 4.54. The van der Waals surface area contributed by atoms with Crippen LogP contribution < -0.4 is 5.32 Å². The van der Waals surface area contributed by atoms with Crippen LogP contribution in [0.25, 0.3) is 0 Å². The van der Waals surface area contributed by atoms with Crippen LogP contribution in [0.3, 0.4) is 0 Å². The summed E-state index contributed by atoms with van der Waals surface area (Å²) in [6.45, 7) is 4.70. The molecule has 1 fully saturated rings. The summed E-state index contributed by atoms with van der Waals surface area (Å²) in [6.07, 6.45) is 18.9. The molecule has 1 saturated carbocycles. The molecule has 0 aromatic heterocycles. The number of hydrogen-bond donors (Lipinski definition) is 1. The average molecular weight is 231 g/mol. The Morgan fingerprint density at radius 2 is 1.82 bits per heavy atom. The lowest BCUT2D eigenvalue weighted by atomic mass is 9.68. The minimum Gasteiger partial charge on any atom is -0.365 e. The highest BCUT2D eigenvalue weighted by Crippen LogP contribution is 2.48. The largest absolute Gasteiger partial charge is 0.365 e. The zero-order valence-electron chi connectivity index (χ0n) is 11.2. The van der Waals surface area contributed by atoms with Gasteiger partial charge in [0.2, 0.25) is 0 Å². The maximum absolute atomic E-state index is 3.52. The Labute approximate surface area is 106 Å². The highest BCUT2D eigenvalue weighted by Gasteiger charge is 2.40. The first-order valence-corrected chi connectivity index (χ1v) is 7.14. The average Bonchev–Trinajstić information content (AvgIpc) is 2.76. The quantitative estimate of drug-likeness (QED) is 0.749. The molecule has 0 atom stereocenters. The van der Waals surface area contributed by atoms with Gasteiger partial charge in [0.05, 0.1) is 0 Å². The number of allylic oxidation sites excluding steroid dienone is 5. The smallest absolute Gasteiger partial charge is 0.0212 e. The van der Waals surface area contributed by atoms with Crippen molar-refractivity contribution in [3.8, 4) is 0 Å². The summed E-state index contributed by atoms with van der Waals surface area (Å²) >= 11 is 0. The predicted molar refractivity (Wildman–Crippen MR) is 74.5 cm³/mol. The van der Waals surface area contributed by atoms with Crippen molar-refractivity contribution in [3.05, 3.63) is 36.2 Å². The van der Waals surface area contributed by atoms with Crippen molar-refractivity contribution in [2.75, 3.05) is 0 Å². The zero-order chi connectivity index (χ0) is 12.1. The molecule has 0 unspecified atom stereocenters. The summed E-state index contributed by atoms with van der Waals surface area (Å²) < 4.78 is 0. The van der Waals surface area contributed by atoms with Crippen LogP contribution >= 0.6 is 0 Å². The van der Waals surface area contributed by atoms with Crippen molar-refractivity contribution in [1.82, 2.24) is 5.32 Å². The molecule has 1 aliphatic carbocycles. The van der Waals surface area contributed by atoms with Crippen LogP contribution in [0.5, 0.6) is 0 Å². The lowest BCUT2D eigenvalue weighted by Crippen LogP contribution is -2.35. The van der Waals surface area contributed by atoms with Gasteiger partial charge in [0.15, 0.2) is 0 Å². The van der Waals surface area contributed by atoms with E-state index in [2.05, 4.69) is 49.7 Å². The first kappa shape index (κ1) is 12.5. The van der Waals surface area contributed by atoms with Crippen LogP contribution in [0.15, 0.2) is 36.2 Å². The number of nitrogens with one attached hydrogen (secondary N) is 1. The second-order valence-electron chi connectivity index (χ2n) is 5.31. The maximum Gasteiger partial charge on any atom is 0.0212 e. The fourth-order valence-corrected chi connectivity index (χ4v) is 3.67. The molecule has 1 aliphatic heterocycles. The number of hydrogen-bond acceptors (Lipinski definition) is 1. The molecule has 1 heteroatoms. The van der Waals surface area contributed by atoms with E-state index >= 15 is 0 Å². The Morgan fingerprint density at radius 3 is 2.47 bits per heavy atom. The fourth-order valence-electron chi connectivity index (χ4n) is 3.67. The van der Waals surface area contributed by atoms with Crippen LogP contribution in [0.1, 0.15) is 52.4 Å². The molecule has 2 aliphatic rings. The first-order valence-electron chi connectivity index (χ1n) is 7.14. The Bertz CT molecular complexity index is 325. The van der Waals surface area contributed by atoms with Gasteiger partial charge < -0.3 is 5.32 Å². The molecule has 0 radical (unpaired) electrons. The molecule has 0 saturated heterocycles. The third kappa shape index (κ3) is 2.34. The topological polar surface area (TPSA) is 12.0 Å². The van der Waals surface area contributed by atoms with E-state index in [1.165, 1.54) is 44.2 Å². The minimum absolute atomic E-state index is 0.371. The van der Waals surface area contributed by atoms with Gasteiger partial charge >= 0.3 is 0 Å². The Hall–Kier alpha value is -0.980. The van der Waals surface area contributed by atoms with E-state index in [1.807, 2.05) is 0 Å². The van der Waals surface area contributed by atoms with Gasteiger partial charge in [-0.05, 0) is 43.8 Å². The Balaban J connectivity index is 2.28. The van der Waals surface area contributed by atoms with Gasteiger partial charge in [-0.1, -0.05) is 38.8 Å². The molecule has 1 nitrogen and oxygen atoms in total. The third-order valence-electron chi connectivity index (χ3n) is 4.76. The molecule has 0 aromatic rings. The van der Waals surface area contributed by atoms with Crippen molar-refractivity contribution >= 4 is 0 Å². The third-order valence-corrected chi connectivity index (χ3v) is 4.76. The van der Waals surface area contributed by atoms with Gasteiger partial charge in [-0.3, -0.25) is 0 Å². The monoisotopic (exact) mass is 231 g/mol. The first-order chi connectivity index (χ1) is 8.33. The number of rotatable bonds is 4. The second-order valence-corrected chi connectivity index (χ2v) is 5.31. The molecule has 1 heterocycles. The summed E-state index contributed by atoms with van der Waals surface area (Å²) in [4.78, 5) is 0. The van der Waals surface area contributed by atoms with E-state index in [0.717, 1.165) is 5.92 Å². The van der Waals surface area contributed by atoms with Crippen molar-refractivity contribution in [3.63, 3.8) is 0 Å². The van der Waals surface area contributed by atoms with E-state index in [9.17, 15) is 0 Å². The van der Waals surface area contributed by atoms with Crippen LogP contribution in [0.2, 0.25) is 0 Å². The molecule has 0 amide bonds. The van der Waals surface area contributed by atoms with Crippen LogP contribution in [-0.2, 0) is 0 Å². The maximum atomic E-state index is 3.52. The molecule has 1 N–H and O–H groups in total. The summed E-state index contributed by atoms with van der Waals surface area (Å²) in [5, 5.41) is 3.52. The summed E-state index contributed by atoms with van der Waals surface area (Å²) in [5.41, 5.74) is 1.80. The summed E-state index contributed by atoms with van der Waals surface area (Å²) in [5.74, 6) is 0.871. The molecule has 17 heavy (non-hydrogen) atoms.